The normalized spacial score (nSPS) is 18.2. The Morgan fingerprint density at radius 3 is 2.49 bits per heavy atom. The second-order valence-corrected chi connectivity index (χ2v) is 10.2. The Kier molecular flexibility index (Phi) is 7.49. The minimum Gasteiger partial charge on any atom is -0.466 e. The Balaban J connectivity index is 1.65. The molecule has 2 atom stereocenters. The summed E-state index contributed by atoms with van der Waals surface area (Å²) in [5.74, 6) is -1.31. The van der Waals surface area contributed by atoms with E-state index in [-0.39, 0.29) is 17.4 Å². The summed E-state index contributed by atoms with van der Waals surface area (Å²) in [7, 11) is -3.97. The minimum absolute atomic E-state index is 0.0862. The number of hydrogen-bond acceptors (Lipinski definition) is 6. The van der Waals surface area contributed by atoms with Crippen LogP contribution in [0.1, 0.15) is 29.3 Å². The number of ether oxygens (including phenoxy) is 1. The molecular formula is C26H29N3O5S. The van der Waals surface area contributed by atoms with Crippen molar-refractivity contribution in [2.75, 3.05) is 25.0 Å². The van der Waals surface area contributed by atoms with Crippen LogP contribution in [-0.2, 0) is 19.6 Å². The molecule has 1 saturated heterocycles. The summed E-state index contributed by atoms with van der Waals surface area (Å²) in [5.41, 5.74) is 1.90. The van der Waals surface area contributed by atoms with E-state index < -0.39 is 28.0 Å². The van der Waals surface area contributed by atoms with E-state index in [1.807, 2.05) is 19.1 Å². The number of carbonyl (C=O) groups is 2. The number of sulfonamides is 1. The van der Waals surface area contributed by atoms with Crippen LogP contribution < -0.4 is 15.4 Å². The third-order valence-corrected chi connectivity index (χ3v) is 7.74. The van der Waals surface area contributed by atoms with Gasteiger partial charge in [-0.1, -0.05) is 42.5 Å². The van der Waals surface area contributed by atoms with E-state index in [0.717, 1.165) is 5.56 Å². The van der Waals surface area contributed by atoms with E-state index in [0.29, 0.717) is 41.5 Å². The van der Waals surface area contributed by atoms with Gasteiger partial charge < -0.3 is 15.4 Å². The van der Waals surface area contributed by atoms with Crippen LogP contribution in [0.5, 0.6) is 0 Å². The second-order valence-electron chi connectivity index (χ2n) is 8.51. The third kappa shape index (κ3) is 5.37. The fourth-order valence-electron chi connectivity index (χ4n) is 4.39. The Labute approximate surface area is 205 Å². The lowest BCUT2D eigenvalue weighted by molar-refractivity contribution is -0.149. The number of anilines is 1. The molecule has 1 fully saturated rings. The lowest BCUT2D eigenvalue weighted by atomic mass is 9.94. The Hall–Kier alpha value is -3.27. The molecule has 184 valence electrons. The number of hydrogen-bond donors (Lipinski definition) is 3. The highest BCUT2D eigenvalue weighted by Gasteiger charge is 2.35. The molecule has 0 aliphatic carbocycles. The molecule has 9 heteroatoms. The first-order valence-corrected chi connectivity index (χ1v) is 13.1. The molecule has 0 spiro atoms. The predicted octanol–water partition coefficient (Wildman–Crippen LogP) is 3.22. The summed E-state index contributed by atoms with van der Waals surface area (Å²) < 4.78 is 34.8. The van der Waals surface area contributed by atoms with Crippen LogP contribution in [0.3, 0.4) is 0 Å². The van der Waals surface area contributed by atoms with Gasteiger partial charge in [-0.3, -0.25) is 9.59 Å². The van der Waals surface area contributed by atoms with Gasteiger partial charge in [0.15, 0.2) is 0 Å². The minimum atomic E-state index is -3.97. The van der Waals surface area contributed by atoms with Crippen molar-refractivity contribution in [1.29, 1.82) is 0 Å². The van der Waals surface area contributed by atoms with Crippen molar-refractivity contribution in [2.45, 2.75) is 31.2 Å². The molecule has 1 aliphatic rings. The molecule has 0 aromatic heterocycles. The van der Waals surface area contributed by atoms with Crippen molar-refractivity contribution < 1.29 is 22.7 Å². The average Bonchev–Trinajstić information content (AvgIpc) is 2.84. The summed E-state index contributed by atoms with van der Waals surface area (Å²) in [6.45, 7) is 4.75. The smallest absolute Gasteiger partial charge is 0.311 e. The van der Waals surface area contributed by atoms with Gasteiger partial charge in [-0.05, 0) is 50.6 Å². The largest absolute Gasteiger partial charge is 0.466 e. The number of amides is 1. The van der Waals surface area contributed by atoms with Gasteiger partial charge in [0.05, 0.1) is 17.4 Å². The van der Waals surface area contributed by atoms with Crippen LogP contribution >= 0.6 is 0 Å². The number of fused-ring (bicyclic) bond motifs is 1. The number of benzene rings is 3. The highest BCUT2D eigenvalue weighted by molar-refractivity contribution is 7.89. The van der Waals surface area contributed by atoms with Gasteiger partial charge in [0, 0.05) is 34.6 Å². The first-order valence-electron chi connectivity index (χ1n) is 11.6. The Morgan fingerprint density at radius 1 is 1.03 bits per heavy atom. The van der Waals surface area contributed by atoms with Crippen LogP contribution in [0.2, 0.25) is 0 Å². The molecule has 1 aliphatic heterocycles. The fraction of sp³-hybridized carbons (Fsp3) is 0.308. The van der Waals surface area contributed by atoms with Crippen molar-refractivity contribution in [3.63, 3.8) is 0 Å². The van der Waals surface area contributed by atoms with Crippen molar-refractivity contribution >= 4 is 38.4 Å². The molecule has 8 nitrogen and oxygen atoms in total. The zero-order chi connectivity index (χ0) is 25.0. The van der Waals surface area contributed by atoms with Gasteiger partial charge in [0.1, 0.15) is 0 Å². The molecule has 0 saturated carbocycles. The molecular weight excluding hydrogens is 466 g/mol. The molecule has 35 heavy (non-hydrogen) atoms. The molecule has 0 radical (unpaired) electrons. The number of carbonyl (C=O) groups excluding carboxylic acids is 2. The maximum absolute atomic E-state index is 13.5. The van der Waals surface area contributed by atoms with E-state index in [2.05, 4.69) is 15.4 Å². The zero-order valence-electron chi connectivity index (χ0n) is 19.7. The molecule has 3 aromatic rings. The van der Waals surface area contributed by atoms with Crippen molar-refractivity contribution in [3.8, 4) is 0 Å². The van der Waals surface area contributed by atoms with E-state index in [9.17, 15) is 18.0 Å². The van der Waals surface area contributed by atoms with Gasteiger partial charge in [-0.2, -0.15) is 0 Å². The molecule has 3 aromatic carbocycles. The zero-order valence-corrected chi connectivity index (χ0v) is 20.5. The van der Waals surface area contributed by atoms with E-state index in [4.69, 9.17) is 4.74 Å². The topological polar surface area (TPSA) is 114 Å². The predicted molar refractivity (Wildman–Crippen MR) is 135 cm³/mol. The number of rotatable bonds is 7. The molecule has 1 heterocycles. The summed E-state index contributed by atoms with van der Waals surface area (Å²) in [5, 5.41) is 7.12. The van der Waals surface area contributed by atoms with Crippen molar-refractivity contribution in [2.24, 2.45) is 5.92 Å². The monoisotopic (exact) mass is 495 g/mol. The number of nitrogens with one attached hydrogen (secondary N) is 3. The number of piperidine rings is 1. The van der Waals surface area contributed by atoms with E-state index in [1.54, 1.807) is 49.4 Å². The maximum Gasteiger partial charge on any atom is 0.311 e. The maximum atomic E-state index is 13.5. The van der Waals surface area contributed by atoms with Crippen LogP contribution in [0, 0.1) is 12.8 Å². The van der Waals surface area contributed by atoms with Gasteiger partial charge in [-0.25, -0.2) is 13.1 Å². The molecule has 4 rings (SSSR count). The lowest BCUT2D eigenvalue weighted by Crippen LogP contribution is -2.52. The van der Waals surface area contributed by atoms with Gasteiger partial charge in [0.25, 0.3) is 5.91 Å². The summed E-state index contributed by atoms with van der Waals surface area (Å²) in [6, 6.07) is 16.8. The average molecular weight is 496 g/mol. The Bertz CT molecular complexity index is 1360. The summed E-state index contributed by atoms with van der Waals surface area (Å²) in [6.07, 6.45) is 0.464. The van der Waals surface area contributed by atoms with E-state index >= 15 is 0 Å². The first-order chi connectivity index (χ1) is 16.8. The van der Waals surface area contributed by atoms with Crippen molar-refractivity contribution in [3.05, 3.63) is 71.8 Å². The third-order valence-electron chi connectivity index (χ3n) is 6.19. The first kappa shape index (κ1) is 24.8. The van der Waals surface area contributed by atoms with Crippen molar-refractivity contribution in [1.82, 2.24) is 10.0 Å². The molecule has 0 unspecified atom stereocenters. The lowest BCUT2D eigenvalue weighted by Gasteiger charge is -2.31. The van der Waals surface area contributed by atoms with Crippen LogP contribution in [0.25, 0.3) is 10.8 Å². The highest BCUT2D eigenvalue weighted by atomic mass is 32.2. The van der Waals surface area contributed by atoms with Crippen LogP contribution in [0.15, 0.2) is 65.6 Å². The van der Waals surface area contributed by atoms with Gasteiger partial charge in [-0.15, -0.1) is 0 Å². The standard InChI is InChI=1S/C26H29N3O5S/c1-3-34-26(31)21-16-27-15-14-23(21)29-35(32,33)24-13-12-22(19-10-6-7-11-20(19)24)28-25(30)18-9-5-4-8-17(18)2/h4-13,21,23,27,29H,3,14-16H2,1-2H3,(H,28,30)/t21-,23+/m0/s1. The van der Waals surface area contributed by atoms with E-state index in [1.165, 1.54) is 6.07 Å². The summed E-state index contributed by atoms with van der Waals surface area (Å²) >= 11 is 0. The van der Waals surface area contributed by atoms with Gasteiger partial charge in [0.2, 0.25) is 10.0 Å². The van der Waals surface area contributed by atoms with Crippen LogP contribution in [-0.4, -0.2) is 46.0 Å². The fourth-order valence-corrected chi connectivity index (χ4v) is 5.91. The Morgan fingerprint density at radius 2 is 1.74 bits per heavy atom. The summed E-state index contributed by atoms with van der Waals surface area (Å²) in [4.78, 5) is 25.4. The SMILES string of the molecule is CCOC(=O)[C@H]1CNCC[C@H]1NS(=O)(=O)c1ccc(NC(=O)c2ccccc2C)c2ccccc12. The number of esters is 1. The van der Waals surface area contributed by atoms with Gasteiger partial charge >= 0.3 is 5.97 Å². The molecule has 1 amide bonds. The quantitative estimate of drug-likeness (QED) is 0.434. The highest BCUT2D eigenvalue weighted by Crippen LogP contribution is 2.31. The number of aryl methyl sites for hydroxylation is 1. The molecule has 0 bridgehead atoms. The molecule has 3 N–H and O–H groups in total. The van der Waals surface area contributed by atoms with Crippen LogP contribution in [0.4, 0.5) is 5.69 Å². The second kappa shape index (κ2) is 10.6.